The van der Waals surface area contributed by atoms with E-state index in [4.69, 9.17) is 4.52 Å². The first-order valence-electron chi connectivity index (χ1n) is 12.3. The molecule has 0 unspecified atom stereocenters. The standard InChI is InChI=1S/C25H28F4N6O2/c1-14-8-15(9-14)24(36)30-11-22-32-23(33-37-22)21-10-16-18(31-19-6-7-34(2)12-17(19)26)4-3-5-20(16)35(21)13-25(27,28)29/h3-5,10,14-15,17H,6-9,11-13H2,1-2H3,(H,30,36)/t14?,15?,17-/m0/s1. The molecule has 8 nitrogen and oxygen atoms in total. The molecule has 2 aliphatic rings. The van der Waals surface area contributed by atoms with E-state index >= 15 is 0 Å². The van der Waals surface area contributed by atoms with Crippen LogP contribution < -0.4 is 5.32 Å². The zero-order valence-electron chi connectivity index (χ0n) is 20.6. The summed E-state index contributed by atoms with van der Waals surface area (Å²) in [4.78, 5) is 22.8. The fourth-order valence-electron chi connectivity index (χ4n) is 4.97. The lowest BCUT2D eigenvalue weighted by Gasteiger charge is -2.31. The van der Waals surface area contributed by atoms with Gasteiger partial charge in [-0.2, -0.15) is 18.2 Å². The van der Waals surface area contributed by atoms with Crippen molar-refractivity contribution in [2.24, 2.45) is 16.8 Å². The number of aromatic nitrogens is 3. The molecule has 1 saturated carbocycles. The first kappa shape index (κ1) is 25.4. The number of halogens is 4. The molecule has 1 N–H and O–H groups in total. The number of carbonyl (C=O) groups excluding carboxylic acids is 1. The van der Waals surface area contributed by atoms with Crippen LogP contribution in [0, 0.1) is 11.8 Å². The Morgan fingerprint density at radius 3 is 2.78 bits per heavy atom. The maximum absolute atomic E-state index is 14.6. The first-order valence-corrected chi connectivity index (χ1v) is 12.3. The van der Waals surface area contributed by atoms with E-state index in [2.05, 4.69) is 27.4 Å². The molecule has 1 amide bonds. The van der Waals surface area contributed by atoms with Crippen molar-refractivity contribution in [1.82, 2.24) is 24.9 Å². The van der Waals surface area contributed by atoms with Crippen molar-refractivity contribution in [3.8, 4) is 11.5 Å². The van der Waals surface area contributed by atoms with Gasteiger partial charge in [0.15, 0.2) is 6.17 Å². The molecule has 1 atom stereocenters. The van der Waals surface area contributed by atoms with Crippen LogP contribution >= 0.6 is 0 Å². The third-order valence-corrected chi connectivity index (χ3v) is 6.96. The Labute approximate surface area is 210 Å². The number of piperidine rings is 1. The number of amides is 1. The summed E-state index contributed by atoms with van der Waals surface area (Å²) in [5.41, 5.74) is 1.12. The minimum atomic E-state index is -4.51. The molecule has 1 saturated heterocycles. The Bertz CT molecular complexity index is 1320. The van der Waals surface area contributed by atoms with Crippen molar-refractivity contribution in [3.05, 3.63) is 30.2 Å². The summed E-state index contributed by atoms with van der Waals surface area (Å²) in [5.74, 6) is 0.425. The summed E-state index contributed by atoms with van der Waals surface area (Å²) in [6, 6.07) is 6.32. The van der Waals surface area contributed by atoms with E-state index in [0.29, 0.717) is 35.7 Å². The minimum absolute atomic E-state index is 0.0124. The lowest BCUT2D eigenvalue weighted by Crippen LogP contribution is -2.39. The monoisotopic (exact) mass is 520 g/mol. The predicted molar refractivity (Wildman–Crippen MR) is 129 cm³/mol. The Morgan fingerprint density at radius 2 is 2.08 bits per heavy atom. The van der Waals surface area contributed by atoms with Crippen molar-refractivity contribution in [2.45, 2.75) is 51.6 Å². The molecule has 1 aromatic carbocycles. The lowest BCUT2D eigenvalue weighted by atomic mass is 9.76. The van der Waals surface area contributed by atoms with Crippen LogP contribution in [0.2, 0.25) is 0 Å². The fourth-order valence-corrected chi connectivity index (χ4v) is 4.97. The number of likely N-dealkylation sites (tertiary alicyclic amines) is 1. The average molecular weight is 521 g/mol. The Morgan fingerprint density at radius 1 is 1.30 bits per heavy atom. The molecule has 1 aliphatic carbocycles. The summed E-state index contributed by atoms with van der Waals surface area (Å²) in [6.45, 7) is 1.66. The van der Waals surface area contributed by atoms with E-state index in [-0.39, 0.29) is 47.8 Å². The van der Waals surface area contributed by atoms with Crippen molar-refractivity contribution >= 4 is 28.2 Å². The van der Waals surface area contributed by atoms with Gasteiger partial charge < -0.3 is 19.3 Å². The van der Waals surface area contributed by atoms with Crippen molar-refractivity contribution in [2.75, 3.05) is 20.1 Å². The number of carbonyl (C=O) groups is 1. The Kier molecular flexibility index (Phi) is 6.78. The predicted octanol–water partition coefficient (Wildman–Crippen LogP) is 4.66. The van der Waals surface area contributed by atoms with E-state index in [1.54, 1.807) is 18.2 Å². The molecule has 0 radical (unpaired) electrons. The van der Waals surface area contributed by atoms with Crippen LogP contribution in [0.3, 0.4) is 0 Å². The highest BCUT2D eigenvalue weighted by atomic mass is 19.4. The second-order valence-electron chi connectivity index (χ2n) is 10.0. The Balaban J connectivity index is 1.46. The molecule has 37 heavy (non-hydrogen) atoms. The van der Waals surface area contributed by atoms with Crippen molar-refractivity contribution in [3.63, 3.8) is 0 Å². The quantitative estimate of drug-likeness (QED) is 0.478. The highest BCUT2D eigenvalue weighted by Gasteiger charge is 2.33. The molecule has 0 spiro atoms. The van der Waals surface area contributed by atoms with Crippen LogP contribution in [-0.2, 0) is 17.9 Å². The molecule has 3 heterocycles. The van der Waals surface area contributed by atoms with Crippen LogP contribution in [0.25, 0.3) is 22.4 Å². The van der Waals surface area contributed by atoms with Gasteiger partial charge in [0.05, 0.1) is 29.2 Å². The van der Waals surface area contributed by atoms with E-state index in [1.807, 2.05) is 11.9 Å². The third-order valence-electron chi connectivity index (χ3n) is 6.96. The number of hydrogen-bond donors (Lipinski definition) is 1. The van der Waals surface area contributed by atoms with E-state index in [0.717, 1.165) is 17.4 Å². The second kappa shape index (κ2) is 9.88. The molecular weight excluding hydrogens is 492 g/mol. The maximum Gasteiger partial charge on any atom is 0.406 e. The number of hydrogen-bond acceptors (Lipinski definition) is 6. The summed E-state index contributed by atoms with van der Waals surface area (Å²) < 4.78 is 61.5. The second-order valence-corrected chi connectivity index (χ2v) is 10.0. The normalized spacial score (nSPS) is 23.9. The molecule has 198 valence electrons. The molecular formula is C25H28F4N6O2. The molecule has 1 aliphatic heterocycles. The van der Waals surface area contributed by atoms with Gasteiger partial charge in [0.25, 0.3) is 0 Å². The van der Waals surface area contributed by atoms with Crippen LogP contribution in [-0.4, -0.2) is 63.7 Å². The number of fused-ring (bicyclic) bond motifs is 1. The fraction of sp³-hybridized carbons (Fsp3) is 0.520. The van der Waals surface area contributed by atoms with Crippen molar-refractivity contribution < 1.29 is 26.9 Å². The maximum atomic E-state index is 14.6. The van der Waals surface area contributed by atoms with E-state index in [1.165, 1.54) is 6.07 Å². The summed E-state index contributed by atoms with van der Waals surface area (Å²) >= 11 is 0. The van der Waals surface area contributed by atoms with Gasteiger partial charge >= 0.3 is 6.18 Å². The highest BCUT2D eigenvalue weighted by Crippen LogP contribution is 2.36. The van der Waals surface area contributed by atoms with Gasteiger partial charge in [0.2, 0.25) is 17.6 Å². The zero-order chi connectivity index (χ0) is 26.3. The average Bonchev–Trinajstić information content (AvgIpc) is 3.41. The number of aliphatic imine (C=N–C) groups is 1. The number of alkyl halides is 4. The first-order chi connectivity index (χ1) is 17.6. The Hall–Kier alpha value is -3.28. The summed E-state index contributed by atoms with van der Waals surface area (Å²) in [7, 11) is 1.83. The molecule has 0 bridgehead atoms. The van der Waals surface area contributed by atoms with Crippen LogP contribution in [0.5, 0.6) is 0 Å². The van der Waals surface area contributed by atoms with Gasteiger partial charge in [0, 0.05) is 30.8 Å². The van der Waals surface area contributed by atoms with E-state index < -0.39 is 18.9 Å². The molecule has 12 heteroatoms. The zero-order valence-corrected chi connectivity index (χ0v) is 20.6. The van der Waals surface area contributed by atoms with Gasteiger partial charge in [-0.25, -0.2) is 4.39 Å². The SMILES string of the molecule is CC1CC(C(=O)NCc2nc(-c3cc4c(N=C5CCN(C)C[C@@H]5F)cccc4n3CC(F)(F)F)no2)C1. The number of nitrogens with zero attached hydrogens (tertiary/aromatic N) is 5. The number of nitrogens with one attached hydrogen (secondary N) is 1. The lowest BCUT2D eigenvalue weighted by molar-refractivity contribution is -0.139. The highest BCUT2D eigenvalue weighted by molar-refractivity contribution is 5.99. The van der Waals surface area contributed by atoms with Gasteiger partial charge in [0.1, 0.15) is 6.54 Å². The molecule has 3 aromatic rings. The summed E-state index contributed by atoms with van der Waals surface area (Å²) in [5, 5.41) is 7.06. The van der Waals surface area contributed by atoms with Crippen LogP contribution in [0.4, 0.5) is 23.2 Å². The third kappa shape index (κ3) is 5.53. The molecule has 2 fully saturated rings. The van der Waals surface area contributed by atoms with Gasteiger partial charge in [-0.3, -0.25) is 9.79 Å². The number of benzene rings is 1. The number of rotatable bonds is 6. The largest absolute Gasteiger partial charge is 0.406 e. The van der Waals surface area contributed by atoms with Crippen LogP contribution in [0.15, 0.2) is 33.8 Å². The van der Waals surface area contributed by atoms with Gasteiger partial charge in [-0.15, -0.1) is 0 Å². The van der Waals surface area contributed by atoms with Crippen LogP contribution in [0.1, 0.15) is 32.1 Å². The smallest absolute Gasteiger partial charge is 0.347 e. The summed E-state index contributed by atoms with van der Waals surface area (Å²) in [6.07, 6.45) is -3.68. The van der Waals surface area contributed by atoms with E-state index in [9.17, 15) is 22.4 Å². The van der Waals surface area contributed by atoms with Gasteiger partial charge in [-0.05, 0) is 44.0 Å². The molecule has 5 rings (SSSR count). The van der Waals surface area contributed by atoms with Gasteiger partial charge in [-0.1, -0.05) is 18.1 Å². The van der Waals surface area contributed by atoms with Crippen molar-refractivity contribution in [1.29, 1.82) is 0 Å². The minimum Gasteiger partial charge on any atom is -0.347 e. The topological polar surface area (TPSA) is 88.5 Å². The molecule has 2 aromatic heterocycles.